The molecule has 3 rings (SSSR count). The Morgan fingerprint density at radius 2 is 1.77 bits per heavy atom. The molecule has 8 nitrogen and oxygen atoms in total. The lowest BCUT2D eigenvalue weighted by molar-refractivity contribution is -0.117. The van der Waals surface area contributed by atoms with Crippen LogP contribution in [-0.2, 0) is 9.59 Å². The van der Waals surface area contributed by atoms with Crippen LogP contribution in [-0.4, -0.2) is 39.6 Å². The summed E-state index contributed by atoms with van der Waals surface area (Å²) < 4.78 is 10.7. The number of fused-ring (bicyclic) bond motifs is 1. The molecule has 0 atom stereocenters. The number of nitrogens with one attached hydrogen (secondary N) is 2. The van der Waals surface area contributed by atoms with Crippen molar-refractivity contribution in [3.63, 3.8) is 0 Å². The maximum Gasteiger partial charge on any atom is 0.258 e. The van der Waals surface area contributed by atoms with Gasteiger partial charge in [0.25, 0.3) is 5.91 Å². The number of ether oxygens (including phenoxy) is 2. The van der Waals surface area contributed by atoms with Gasteiger partial charge in [-0.25, -0.2) is 0 Å². The number of methoxy groups -OCH3 is 2. The van der Waals surface area contributed by atoms with E-state index in [2.05, 4.69) is 10.6 Å². The lowest BCUT2D eigenvalue weighted by atomic mass is 10.0. The first kappa shape index (κ1) is 21.2. The average Bonchev–Trinajstić information content (AvgIpc) is 3.10. The third kappa shape index (κ3) is 3.95. The van der Waals surface area contributed by atoms with E-state index in [1.807, 2.05) is 31.2 Å². The van der Waals surface area contributed by atoms with Gasteiger partial charge in [0.2, 0.25) is 5.91 Å². The summed E-state index contributed by atoms with van der Waals surface area (Å²) in [6, 6.07) is 10.9. The van der Waals surface area contributed by atoms with Gasteiger partial charge in [0.1, 0.15) is 0 Å². The number of benzene rings is 2. The number of anilines is 3. The zero-order chi connectivity index (χ0) is 21.8. The first-order chi connectivity index (χ1) is 14.4. The standard InChI is InChI=1S/C22H26N4O4/c1-5-16(24-13-6-8-14(9-7-13)26(2)20(27)12-23)21-15-10-18(29-3)19(30-4)11-17(15)25-22(21)28/h6-11,24H,5,12,23H2,1-4H3,(H,25,28)/b21-16-. The van der Waals surface area contributed by atoms with Crippen LogP contribution in [0.3, 0.4) is 0 Å². The third-order valence-corrected chi connectivity index (χ3v) is 5.02. The van der Waals surface area contributed by atoms with Gasteiger partial charge in [0.15, 0.2) is 11.5 Å². The number of carbonyl (C=O) groups excluding carboxylic acids is 2. The number of nitrogens with zero attached hydrogens (tertiary/aromatic N) is 1. The van der Waals surface area contributed by atoms with Crippen LogP contribution >= 0.6 is 0 Å². The van der Waals surface area contributed by atoms with Gasteiger partial charge in [0.05, 0.1) is 32.0 Å². The summed E-state index contributed by atoms with van der Waals surface area (Å²) in [5, 5.41) is 6.22. The van der Waals surface area contributed by atoms with Gasteiger partial charge in [-0.3, -0.25) is 9.59 Å². The van der Waals surface area contributed by atoms with Crippen molar-refractivity contribution in [2.45, 2.75) is 13.3 Å². The fraction of sp³-hybridized carbons (Fsp3) is 0.273. The number of allylic oxidation sites excluding steroid dienone is 1. The number of rotatable bonds is 7. The average molecular weight is 410 g/mol. The number of likely N-dealkylation sites (N-methyl/N-ethyl adjacent to an activating group) is 1. The molecule has 1 aliphatic heterocycles. The lowest BCUT2D eigenvalue weighted by Gasteiger charge is -2.18. The highest BCUT2D eigenvalue weighted by atomic mass is 16.5. The molecule has 2 aromatic rings. The molecule has 0 radical (unpaired) electrons. The topological polar surface area (TPSA) is 106 Å². The van der Waals surface area contributed by atoms with Crippen molar-refractivity contribution in [2.24, 2.45) is 5.73 Å². The third-order valence-electron chi connectivity index (χ3n) is 5.02. The molecule has 0 saturated heterocycles. The second-order valence-corrected chi connectivity index (χ2v) is 6.74. The Hall–Kier alpha value is -3.52. The largest absolute Gasteiger partial charge is 0.493 e. The number of hydrogen-bond donors (Lipinski definition) is 3. The minimum Gasteiger partial charge on any atom is -0.493 e. The summed E-state index contributed by atoms with van der Waals surface area (Å²) >= 11 is 0. The molecule has 0 fully saturated rings. The summed E-state index contributed by atoms with van der Waals surface area (Å²) in [7, 11) is 4.79. The molecule has 8 heteroatoms. The molecule has 0 saturated carbocycles. The number of amides is 2. The molecule has 2 amide bonds. The van der Waals surface area contributed by atoms with Crippen LogP contribution in [0.5, 0.6) is 11.5 Å². The minimum atomic E-state index is -0.186. The Morgan fingerprint density at radius 1 is 1.13 bits per heavy atom. The molecule has 1 heterocycles. The first-order valence-electron chi connectivity index (χ1n) is 9.58. The van der Waals surface area contributed by atoms with E-state index in [4.69, 9.17) is 15.2 Å². The molecule has 0 aromatic heterocycles. The molecule has 30 heavy (non-hydrogen) atoms. The second kappa shape index (κ2) is 8.87. The van der Waals surface area contributed by atoms with Crippen molar-refractivity contribution in [2.75, 3.05) is 43.3 Å². The molecule has 158 valence electrons. The van der Waals surface area contributed by atoms with Crippen LogP contribution in [0, 0.1) is 0 Å². The molecule has 1 aliphatic rings. The quantitative estimate of drug-likeness (QED) is 0.606. The van der Waals surface area contributed by atoms with Gasteiger partial charge >= 0.3 is 0 Å². The van der Waals surface area contributed by atoms with Crippen LogP contribution in [0.4, 0.5) is 17.1 Å². The molecular weight excluding hydrogens is 384 g/mol. The maximum absolute atomic E-state index is 12.7. The summed E-state index contributed by atoms with van der Waals surface area (Å²) in [5.41, 5.74) is 9.74. The van der Waals surface area contributed by atoms with E-state index >= 15 is 0 Å². The van der Waals surface area contributed by atoms with Gasteiger partial charge < -0.3 is 30.7 Å². The maximum atomic E-state index is 12.7. The highest BCUT2D eigenvalue weighted by Crippen LogP contribution is 2.42. The summed E-state index contributed by atoms with van der Waals surface area (Å²) in [5.74, 6) is 0.749. The van der Waals surface area contributed by atoms with E-state index in [0.717, 1.165) is 22.6 Å². The van der Waals surface area contributed by atoms with Crippen LogP contribution in [0.1, 0.15) is 18.9 Å². The van der Waals surface area contributed by atoms with Gasteiger partial charge in [-0.05, 0) is 36.8 Å². The fourth-order valence-corrected chi connectivity index (χ4v) is 3.35. The van der Waals surface area contributed by atoms with Gasteiger partial charge in [0, 0.05) is 35.7 Å². The SMILES string of the molecule is CC/C(Nc1ccc(N(C)C(=O)CN)cc1)=C1/C(=O)Nc2cc(OC)c(OC)cc21. The smallest absolute Gasteiger partial charge is 0.258 e. The van der Waals surface area contributed by atoms with Gasteiger partial charge in [-0.1, -0.05) is 6.92 Å². The highest BCUT2D eigenvalue weighted by molar-refractivity contribution is 6.32. The summed E-state index contributed by atoms with van der Waals surface area (Å²) in [4.78, 5) is 26.0. The molecule has 0 aliphatic carbocycles. The highest BCUT2D eigenvalue weighted by Gasteiger charge is 2.29. The van der Waals surface area contributed by atoms with Crippen LogP contribution in [0.2, 0.25) is 0 Å². The summed E-state index contributed by atoms with van der Waals surface area (Å²) in [6.45, 7) is 1.93. The van der Waals surface area contributed by atoms with E-state index in [1.165, 1.54) is 4.90 Å². The van der Waals surface area contributed by atoms with Gasteiger partial charge in [-0.2, -0.15) is 0 Å². The summed E-state index contributed by atoms with van der Waals surface area (Å²) in [6.07, 6.45) is 0.615. The predicted molar refractivity (Wildman–Crippen MR) is 118 cm³/mol. The molecular formula is C22H26N4O4. The zero-order valence-electron chi connectivity index (χ0n) is 17.5. The van der Waals surface area contributed by atoms with E-state index in [-0.39, 0.29) is 18.4 Å². The van der Waals surface area contributed by atoms with Crippen molar-refractivity contribution in [1.29, 1.82) is 0 Å². The van der Waals surface area contributed by atoms with Gasteiger partial charge in [-0.15, -0.1) is 0 Å². The Kier molecular flexibility index (Phi) is 6.27. The van der Waals surface area contributed by atoms with Crippen molar-refractivity contribution < 1.29 is 19.1 Å². The van der Waals surface area contributed by atoms with Crippen molar-refractivity contribution in [3.8, 4) is 11.5 Å². The number of hydrogen-bond acceptors (Lipinski definition) is 6. The van der Waals surface area contributed by atoms with Crippen molar-refractivity contribution >= 4 is 34.4 Å². The van der Waals surface area contributed by atoms with Crippen molar-refractivity contribution in [3.05, 3.63) is 47.7 Å². The van der Waals surface area contributed by atoms with Crippen molar-refractivity contribution in [1.82, 2.24) is 0 Å². The van der Waals surface area contributed by atoms with E-state index in [1.54, 1.807) is 33.4 Å². The second-order valence-electron chi connectivity index (χ2n) is 6.74. The molecule has 0 bridgehead atoms. The van der Waals surface area contributed by atoms with Crippen LogP contribution < -0.4 is 30.7 Å². The Bertz CT molecular complexity index is 999. The monoisotopic (exact) mass is 410 g/mol. The molecule has 4 N–H and O–H groups in total. The Labute approximate surface area is 175 Å². The minimum absolute atomic E-state index is 0.0502. The van der Waals surface area contributed by atoms with Crippen LogP contribution in [0.15, 0.2) is 42.1 Å². The molecule has 2 aromatic carbocycles. The Morgan fingerprint density at radius 3 is 2.33 bits per heavy atom. The first-order valence-corrected chi connectivity index (χ1v) is 9.58. The van der Waals surface area contributed by atoms with Crippen LogP contribution in [0.25, 0.3) is 5.57 Å². The normalized spacial score (nSPS) is 14.0. The molecule has 0 spiro atoms. The lowest BCUT2D eigenvalue weighted by Crippen LogP contribution is -2.32. The molecule has 0 unspecified atom stereocenters. The number of carbonyl (C=O) groups is 2. The zero-order valence-corrected chi connectivity index (χ0v) is 17.5. The van der Waals surface area contributed by atoms with E-state index < -0.39 is 0 Å². The Balaban J connectivity index is 1.94. The number of nitrogens with two attached hydrogens (primary N) is 1. The van der Waals surface area contributed by atoms with E-state index in [9.17, 15) is 9.59 Å². The predicted octanol–water partition coefficient (Wildman–Crippen LogP) is 2.81. The van der Waals surface area contributed by atoms with E-state index in [0.29, 0.717) is 29.2 Å². The fourth-order valence-electron chi connectivity index (χ4n) is 3.35.